The predicted octanol–water partition coefficient (Wildman–Crippen LogP) is 2.78. The smallest absolute Gasteiger partial charge is 0.243 e. The summed E-state index contributed by atoms with van der Waals surface area (Å²) in [4.78, 5) is 17.0. The van der Waals surface area contributed by atoms with E-state index in [1.807, 2.05) is 35.2 Å². The van der Waals surface area contributed by atoms with Crippen molar-refractivity contribution in [2.24, 2.45) is 5.92 Å². The third-order valence-corrected chi connectivity index (χ3v) is 5.40. The van der Waals surface area contributed by atoms with E-state index in [0.717, 1.165) is 29.8 Å². The molecule has 1 aromatic heterocycles. The highest BCUT2D eigenvalue weighted by Gasteiger charge is 2.40. The zero-order chi connectivity index (χ0) is 15.6. The van der Waals surface area contributed by atoms with Crippen molar-refractivity contribution in [2.45, 2.75) is 37.8 Å². The first kappa shape index (κ1) is 14.8. The first-order valence-electron chi connectivity index (χ1n) is 8.12. The van der Waals surface area contributed by atoms with Crippen LogP contribution in [0.25, 0.3) is 11.3 Å². The van der Waals surface area contributed by atoms with E-state index < -0.39 is 0 Å². The number of rotatable bonds is 3. The van der Waals surface area contributed by atoms with E-state index in [2.05, 4.69) is 21.2 Å². The summed E-state index contributed by atoms with van der Waals surface area (Å²) in [6.45, 7) is 0. The van der Waals surface area contributed by atoms with Gasteiger partial charge in [-0.1, -0.05) is 25.0 Å². The van der Waals surface area contributed by atoms with E-state index in [9.17, 15) is 4.79 Å². The van der Waals surface area contributed by atoms with Crippen molar-refractivity contribution in [3.63, 3.8) is 0 Å². The minimum absolute atomic E-state index is 0.0438. The molecule has 3 unspecified atom stereocenters. The van der Waals surface area contributed by atoms with Crippen LogP contribution in [0.5, 0.6) is 0 Å². The van der Waals surface area contributed by atoms with Crippen molar-refractivity contribution >= 4 is 22.9 Å². The van der Waals surface area contributed by atoms with E-state index in [-0.39, 0.29) is 11.9 Å². The van der Waals surface area contributed by atoms with Gasteiger partial charge in [-0.05, 0) is 25.0 Å². The summed E-state index contributed by atoms with van der Waals surface area (Å²) < 4.78 is 0. The quantitative estimate of drug-likeness (QED) is 0.810. The largest absolute Gasteiger partial charge is 0.325 e. The van der Waals surface area contributed by atoms with Crippen LogP contribution in [-0.4, -0.2) is 23.0 Å². The molecule has 0 bridgehead atoms. The molecule has 1 saturated heterocycles. The molecule has 0 radical (unpaired) electrons. The third-order valence-electron chi connectivity index (χ3n) is 4.81. The van der Waals surface area contributed by atoms with Crippen LogP contribution in [0.2, 0.25) is 0 Å². The molecule has 1 amide bonds. The monoisotopic (exact) mass is 328 g/mol. The minimum Gasteiger partial charge on any atom is -0.325 e. The van der Waals surface area contributed by atoms with Crippen molar-refractivity contribution < 1.29 is 4.79 Å². The van der Waals surface area contributed by atoms with E-state index in [1.165, 1.54) is 12.8 Å². The molecule has 2 fully saturated rings. The van der Waals surface area contributed by atoms with E-state index in [0.29, 0.717) is 12.0 Å². The number of nitrogens with one attached hydrogen (secondary N) is 3. The lowest BCUT2D eigenvalue weighted by Crippen LogP contribution is -2.42. The van der Waals surface area contributed by atoms with Crippen molar-refractivity contribution in [3.05, 3.63) is 35.2 Å². The molecule has 3 atom stereocenters. The standard InChI is InChI=1S/C17H20N4OS/c22-17(16-13-6-1-2-7-14(13)20-21-16)19-12-5-3-4-11(8-12)15-9-23-10-18-15/h3-5,8-10,13-14,16,20-21H,1-2,6-7H2,(H,19,22). The average molecular weight is 328 g/mol. The molecule has 2 heterocycles. The number of anilines is 1. The van der Waals surface area contributed by atoms with Crippen molar-refractivity contribution in [1.29, 1.82) is 0 Å². The number of thiazole rings is 1. The predicted molar refractivity (Wildman–Crippen MR) is 92.0 cm³/mol. The maximum absolute atomic E-state index is 12.6. The molecule has 1 aliphatic carbocycles. The van der Waals surface area contributed by atoms with Gasteiger partial charge in [-0.25, -0.2) is 10.4 Å². The van der Waals surface area contributed by atoms with Crippen molar-refractivity contribution in [3.8, 4) is 11.3 Å². The lowest BCUT2D eigenvalue weighted by molar-refractivity contribution is -0.118. The Hall–Kier alpha value is -1.76. The zero-order valence-corrected chi connectivity index (χ0v) is 13.6. The molecule has 2 aliphatic rings. The summed E-state index contributed by atoms with van der Waals surface area (Å²) >= 11 is 1.57. The molecule has 3 N–H and O–H groups in total. The van der Waals surface area contributed by atoms with Gasteiger partial charge in [0.25, 0.3) is 0 Å². The first-order chi connectivity index (χ1) is 11.3. The second-order valence-corrected chi connectivity index (χ2v) is 6.98. The SMILES string of the molecule is O=C(Nc1cccc(-c2cscn2)c1)C1NNC2CCCCC21. The van der Waals surface area contributed by atoms with Crippen LogP contribution in [0, 0.1) is 5.92 Å². The molecule has 120 valence electrons. The number of carbonyl (C=O) groups excluding carboxylic acids is 1. The Bertz CT molecular complexity index is 688. The fourth-order valence-electron chi connectivity index (χ4n) is 3.63. The molecule has 2 aromatic rings. The summed E-state index contributed by atoms with van der Waals surface area (Å²) in [6, 6.07) is 8.15. The highest BCUT2D eigenvalue weighted by molar-refractivity contribution is 7.07. The number of hydrazine groups is 1. The first-order valence-corrected chi connectivity index (χ1v) is 9.06. The number of carbonyl (C=O) groups is 1. The second-order valence-electron chi connectivity index (χ2n) is 6.26. The number of aromatic nitrogens is 1. The Morgan fingerprint density at radius 1 is 1.26 bits per heavy atom. The number of hydrogen-bond donors (Lipinski definition) is 3. The lowest BCUT2D eigenvalue weighted by Gasteiger charge is -2.26. The van der Waals surface area contributed by atoms with Crippen molar-refractivity contribution in [1.82, 2.24) is 15.8 Å². The summed E-state index contributed by atoms with van der Waals surface area (Å²) in [5.74, 6) is 0.438. The van der Waals surface area contributed by atoms with Gasteiger partial charge in [0.1, 0.15) is 6.04 Å². The van der Waals surface area contributed by atoms with Gasteiger partial charge in [0.15, 0.2) is 0 Å². The fourth-order valence-corrected chi connectivity index (χ4v) is 4.19. The van der Waals surface area contributed by atoms with Gasteiger partial charge in [-0.3, -0.25) is 10.2 Å². The molecular formula is C17H20N4OS. The topological polar surface area (TPSA) is 66.0 Å². The highest BCUT2D eigenvalue weighted by atomic mass is 32.1. The summed E-state index contributed by atoms with van der Waals surface area (Å²) in [5.41, 5.74) is 11.1. The Morgan fingerprint density at radius 3 is 3.04 bits per heavy atom. The molecule has 23 heavy (non-hydrogen) atoms. The highest BCUT2D eigenvalue weighted by Crippen LogP contribution is 2.31. The fraction of sp³-hybridized carbons (Fsp3) is 0.412. The minimum atomic E-state index is -0.150. The summed E-state index contributed by atoms with van der Waals surface area (Å²) in [7, 11) is 0. The summed E-state index contributed by atoms with van der Waals surface area (Å²) in [5, 5.41) is 5.06. The molecule has 6 heteroatoms. The number of hydrogen-bond acceptors (Lipinski definition) is 5. The van der Waals surface area contributed by atoms with Gasteiger partial charge >= 0.3 is 0 Å². The zero-order valence-electron chi connectivity index (χ0n) is 12.8. The third kappa shape index (κ3) is 3.02. The van der Waals surface area contributed by atoms with Crippen molar-refractivity contribution in [2.75, 3.05) is 5.32 Å². The van der Waals surface area contributed by atoms with E-state index in [1.54, 1.807) is 11.3 Å². The normalized spacial score (nSPS) is 26.7. The average Bonchev–Trinajstić information content (AvgIpc) is 3.25. The molecular weight excluding hydrogens is 308 g/mol. The van der Waals surface area contributed by atoms with Crippen LogP contribution in [0.1, 0.15) is 25.7 Å². The van der Waals surface area contributed by atoms with Crippen LogP contribution in [0.15, 0.2) is 35.2 Å². The maximum Gasteiger partial charge on any atom is 0.243 e. The Labute approximate surface area is 139 Å². The molecule has 0 spiro atoms. The lowest BCUT2D eigenvalue weighted by atomic mass is 9.81. The van der Waals surface area contributed by atoms with Gasteiger partial charge in [-0.15, -0.1) is 11.3 Å². The molecule has 1 aromatic carbocycles. The molecule has 4 rings (SSSR count). The van der Waals surface area contributed by atoms with Gasteiger partial charge < -0.3 is 5.32 Å². The Morgan fingerprint density at radius 2 is 2.17 bits per heavy atom. The number of nitrogens with zero attached hydrogens (tertiary/aromatic N) is 1. The molecule has 5 nitrogen and oxygen atoms in total. The van der Waals surface area contributed by atoms with Crippen LogP contribution in [-0.2, 0) is 4.79 Å². The number of benzene rings is 1. The van der Waals surface area contributed by atoms with Crippen LogP contribution < -0.4 is 16.2 Å². The van der Waals surface area contributed by atoms with E-state index in [4.69, 9.17) is 0 Å². The van der Waals surface area contributed by atoms with Gasteiger partial charge in [0.2, 0.25) is 5.91 Å². The van der Waals surface area contributed by atoms with Crippen LogP contribution in [0.3, 0.4) is 0 Å². The number of fused-ring (bicyclic) bond motifs is 1. The van der Waals surface area contributed by atoms with Gasteiger partial charge in [-0.2, -0.15) is 0 Å². The molecule has 1 saturated carbocycles. The van der Waals surface area contributed by atoms with Gasteiger partial charge in [0, 0.05) is 28.6 Å². The van der Waals surface area contributed by atoms with E-state index >= 15 is 0 Å². The second kappa shape index (κ2) is 6.39. The van der Waals surface area contributed by atoms with Crippen LogP contribution in [0.4, 0.5) is 5.69 Å². The van der Waals surface area contributed by atoms with Gasteiger partial charge in [0.05, 0.1) is 11.2 Å². The number of amides is 1. The molecule has 1 aliphatic heterocycles. The Balaban J connectivity index is 1.48. The maximum atomic E-state index is 12.6. The van der Waals surface area contributed by atoms with Crippen LogP contribution >= 0.6 is 11.3 Å². The Kier molecular flexibility index (Phi) is 4.11. The summed E-state index contributed by atoms with van der Waals surface area (Å²) in [6.07, 6.45) is 4.73.